The maximum Gasteiger partial charge on any atom is 1.00 e. The third-order valence-corrected chi connectivity index (χ3v) is 4.98. The van der Waals surface area contributed by atoms with E-state index in [0.29, 0.717) is 42.3 Å². The molecule has 188 valence electrons. The van der Waals surface area contributed by atoms with Gasteiger partial charge in [-0.15, -0.1) is 24.8 Å². The summed E-state index contributed by atoms with van der Waals surface area (Å²) in [5.41, 5.74) is 1.04. The van der Waals surface area contributed by atoms with Gasteiger partial charge in [0.1, 0.15) is 12.1 Å². The summed E-state index contributed by atoms with van der Waals surface area (Å²) in [6.45, 7) is 13.4. The Balaban J connectivity index is 0.00000361. The molecule has 1 heterocycles. The van der Waals surface area contributed by atoms with Crippen LogP contribution in [0.25, 0.3) is 16.3 Å². The molecule has 3 aromatic rings. The fourth-order valence-electron chi connectivity index (χ4n) is 3.26. The molecule has 0 saturated heterocycles. The standard InChI is InChI=1S/C27H26FN6O2.2Li/c1-5-21(11-12-30-17-29)36-22-9-7-20(8-10-22)33-27-26-24(28)13-23(14-25(26)31-18-32-27)35-16-19(3)15-34(4)6-2;;/h1,5,7-11,14,17-19H,2,6,15-16H2,3-4H3,(H,31,32,33);;/q-5;2*+1/b21-11+;;/t19-;;/m0../s1. The second-order valence-electron chi connectivity index (χ2n) is 7.95. The zero-order chi connectivity index (χ0) is 25.9. The molecule has 0 bridgehead atoms. The van der Waals surface area contributed by atoms with E-state index in [4.69, 9.17) is 21.5 Å². The number of anilines is 2. The van der Waals surface area contributed by atoms with Crippen LogP contribution >= 0.6 is 0 Å². The molecule has 0 spiro atoms. The van der Waals surface area contributed by atoms with Crippen LogP contribution in [0.4, 0.5) is 15.9 Å². The number of nitrogens with zero attached hydrogens (tertiary/aromatic N) is 5. The van der Waals surface area contributed by atoms with Gasteiger partial charge in [-0.05, 0) is 42.2 Å². The minimum atomic E-state index is -0.612. The predicted octanol–water partition coefficient (Wildman–Crippen LogP) is -1.10. The first kappa shape index (κ1) is 33.1. The third kappa shape index (κ3) is 9.76. The number of ether oxygens (including phenoxy) is 2. The van der Waals surface area contributed by atoms with Gasteiger partial charge >= 0.3 is 37.7 Å². The number of aliphatic imine (C=N–C) groups is 1. The number of aromatic nitrogens is 2. The van der Waals surface area contributed by atoms with Crippen LogP contribution < -0.4 is 52.5 Å². The monoisotopic (exact) mass is 499 g/mol. The van der Waals surface area contributed by atoms with Gasteiger partial charge in [0.15, 0.2) is 0 Å². The first-order valence-electron chi connectivity index (χ1n) is 11.1. The molecule has 0 saturated carbocycles. The number of nitrogens with one attached hydrogen (secondary N) is 1. The fraction of sp³-hybridized carbons (Fsp3) is 0.222. The molecule has 11 heteroatoms. The molecule has 0 radical (unpaired) electrons. The van der Waals surface area contributed by atoms with Gasteiger partial charge in [0.2, 0.25) is 0 Å². The van der Waals surface area contributed by atoms with Crippen molar-refractivity contribution in [3.63, 3.8) is 0 Å². The summed E-state index contributed by atoms with van der Waals surface area (Å²) >= 11 is 0. The van der Waals surface area contributed by atoms with Crippen LogP contribution in [0.5, 0.6) is 11.5 Å². The Kier molecular flexibility index (Phi) is 14.7. The van der Waals surface area contributed by atoms with E-state index in [1.54, 1.807) is 30.3 Å². The second-order valence-corrected chi connectivity index (χ2v) is 7.95. The van der Waals surface area contributed by atoms with Crippen molar-refractivity contribution in [2.45, 2.75) is 6.92 Å². The van der Waals surface area contributed by atoms with Crippen molar-refractivity contribution in [1.29, 1.82) is 0 Å². The summed E-state index contributed by atoms with van der Waals surface area (Å²) in [5.74, 6) is 0.976. The van der Waals surface area contributed by atoms with E-state index in [-0.39, 0.29) is 60.5 Å². The van der Waals surface area contributed by atoms with Crippen LogP contribution in [0.15, 0.2) is 59.6 Å². The third-order valence-electron chi connectivity index (χ3n) is 4.98. The average Bonchev–Trinajstić information content (AvgIpc) is 2.88. The topological polar surface area (TPSA) is 94.2 Å². The van der Waals surface area contributed by atoms with Crippen molar-refractivity contribution < 1.29 is 51.6 Å². The van der Waals surface area contributed by atoms with Crippen molar-refractivity contribution in [1.82, 2.24) is 14.9 Å². The molecule has 0 aliphatic carbocycles. The van der Waals surface area contributed by atoms with E-state index in [1.165, 1.54) is 18.5 Å². The van der Waals surface area contributed by atoms with Gasteiger partial charge in [-0.3, -0.25) is 11.6 Å². The van der Waals surface area contributed by atoms with Crippen LogP contribution in [0.1, 0.15) is 6.92 Å². The number of rotatable bonds is 13. The SMILES string of the molecule is [CH-]=C/C(=C\[C-]=NC=[N-])Oc1ccc(Nc2ncnc3cc(OC[C@@H](C)CN(C)C[CH2-])[c-]c(F)c23)cc1.[Li+].[Li+]. The van der Waals surface area contributed by atoms with Gasteiger partial charge in [-0.2, -0.15) is 6.08 Å². The Bertz CT molecular complexity index is 1250. The van der Waals surface area contributed by atoms with E-state index in [2.05, 4.69) is 51.3 Å². The molecule has 1 N–H and O–H groups in total. The van der Waals surface area contributed by atoms with E-state index in [9.17, 15) is 0 Å². The molecule has 1 atom stereocenters. The van der Waals surface area contributed by atoms with Gasteiger partial charge in [0.05, 0.1) is 12.4 Å². The second kappa shape index (κ2) is 16.8. The van der Waals surface area contributed by atoms with Crippen LogP contribution in [-0.4, -0.2) is 54.2 Å². The van der Waals surface area contributed by atoms with Gasteiger partial charge in [0, 0.05) is 35.5 Å². The molecular formula is C27H26FLi2N6O2-3. The number of fused-ring (bicyclic) bond motifs is 1. The minimum absolute atomic E-state index is 0. The summed E-state index contributed by atoms with van der Waals surface area (Å²) < 4.78 is 26.4. The molecule has 0 unspecified atom stereocenters. The first-order chi connectivity index (χ1) is 17.4. The Labute approximate surface area is 247 Å². The molecule has 2 aromatic carbocycles. The number of benzene rings is 2. The summed E-state index contributed by atoms with van der Waals surface area (Å²) in [6.07, 6.45) is 7.00. The average molecular weight is 499 g/mol. The summed E-state index contributed by atoms with van der Waals surface area (Å²) in [7, 11) is 1.98. The van der Waals surface area contributed by atoms with Gasteiger partial charge < -0.3 is 37.0 Å². The largest absolute Gasteiger partial charge is 1.00 e. The first-order valence-corrected chi connectivity index (χ1v) is 11.1. The molecule has 0 aliphatic rings. The Morgan fingerprint density at radius 3 is 2.74 bits per heavy atom. The van der Waals surface area contributed by atoms with Crippen molar-refractivity contribution in [2.75, 3.05) is 32.1 Å². The molecule has 1 aromatic heterocycles. The number of hydrogen-bond donors (Lipinski definition) is 1. The van der Waals surface area contributed by atoms with E-state index in [1.807, 2.05) is 7.05 Å². The van der Waals surface area contributed by atoms with E-state index < -0.39 is 5.82 Å². The molecule has 38 heavy (non-hydrogen) atoms. The van der Waals surface area contributed by atoms with Crippen molar-refractivity contribution in [3.8, 4) is 11.5 Å². The quantitative estimate of drug-likeness (QED) is 0.0802. The normalized spacial score (nSPS) is 12.0. The van der Waals surface area contributed by atoms with Gasteiger partial charge in [-0.25, -0.2) is 21.9 Å². The predicted molar refractivity (Wildman–Crippen MR) is 140 cm³/mol. The summed E-state index contributed by atoms with van der Waals surface area (Å²) in [6, 6.07) is 11.2. The van der Waals surface area contributed by atoms with Crippen LogP contribution in [0.3, 0.4) is 0 Å². The van der Waals surface area contributed by atoms with Crippen LogP contribution in [0.2, 0.25) is 0 Å². The Morgan fingerprint density at radius 1 is 1.34 bits per heavy atom. The van der Waals surface area contributed by atoms with Crippen molar-refractivity contribution in [2.24, 2.45) is 10.9 Å². The Hall–Kier alpha value is -2.92. The molecule has 8 nitrogen and oxygen atoms in total. The zero-order valence-electron chi connectivity index (χ0n) is 22.1. The molecule has 0 aliphatic heterocycles. The molecule has 3 rings (SSSR count). The number of halogens is 1. The molecular weight excluding hydrogens is 473 g/mol. The smallest absolute Gasteiger partial charge is 0.577 e. The summed E-state index contributed by atoms with van der Waals surface area (Å²) in [5, 5.41) is 11.9. The van der Waals surface area contributed by atoms with E-state index >= 15 is 4.39 Å². The zero-order valence-corrected chi connectivity index (χ0v) is 22.1. The van der Waals surface area contributed by atoms with E-state index in [0.717, 1.165) is 6.54 Å². The fourth-order valence-corrected chi connectivity index (χ4v) is 3.26. The summed E-state index contributed by atoms with van der Waals surface area (Å²) in [4.78, 5) is 13.9. The molecule has 0 amide bonds. The minimum Gasteiger partial charge on any atom is -0.577 e. The maximum absolute atomic E-state index is 15.0. The van der Waals surface area contributed by atoms with Gasteiger partial charge in [0.25, 0.3) is 0 Å². The number of hydrogen-bond acceptors (Lipinski definition) is 6. The van der Waals surface area contributed by atoms with Crippen LogP contribution in [-0.2, 0) is 0 Å². The van der Waals surface area contributed by atoms with Crippen LogP contribution in [0, 0.1) is 31.3 Å². The maximum atomic E-state index is 15.0. The number of allylic oxidation sites excluding steroid dienone is 2. The van der Waals surface area contributed by atoms with Crippen molar-refractivity contribution in [3.05, 3.63) is 85.4 Å². The van der Waals surface area contributed by atoms with Crippen molar-refractivity contribution >= 4 is 35.0 Å². The Morgan fingerprint density at radius 2 is 2.08 bits per heavy atom. The van der Waals surface area contributed by atoms with Gasteiger partial charge in [-0.1, -0.05) is 6.92 Å². The molecule has 0 fully saturated rings.